The second-order valence-corrected chi connectivity index (χ2v) is 9.32. The monoisotopic (exact) mass is 555 g/mol. The maximum absolute atomic E-state index is 14.0. The minimum atomic E-state index is -0.904. The maximum Gasteiger partial charge on any atom is 0.309 e. The molecule has 1 heterocycles. The molecule has 40 heavy (non-hydrogen) atoms. The molecule has 2 aromatic carbocycles. The highest BCUT2D eigenvalue weighted by Gasteiger charge is 2.32. The first kappa shape index (κ1) is 30.2. The molecule has 0 amide bonds. The zero-order chi connectivity index (χ0) is 29.6. The predicted molar refractivity (Wildman–Crippen MR) is 142 cm³/mol. The Hall–Kier alpha value is -4.34. The van der Waals surface area contributed by atoms with Crippen LogP contribution in [0.4, 0.5) is 8.78 Å². The third kappa shape index (κ3) is 6.99. The number of ketones is 1. The van der Waals surface area contributed by atoms with Crippen molar-refractivity contribution in [3.05, 3.63) is 82.7 Å². The van der Waals surface area contributed by atoms with E-state index >= 15 is 0 Å². The molecule has 0 saturated carbocycles. The fourth-order valence-electron chi connectivity index (χ4n) is 4.46. The standard InChI is InChI=1S/C30H31F2NO7/c1-16-13-20(31)7-9-22(16)27(23-10-8-21(32)15-26(23)38-6)18(3)39-30(36)17(2)14-24(35)28-29(40-19(4)34)25(37-5)11-12-33-28/h7-13,15,17-18,27H,14H2,1-6H3/t17-,18+,27+/m1/s1. The molecule has 3 atom stereocenters. The van der Waals surface area contributed by atoms with Crippen LogP contribution < -0.4 is 14.2 Å². The fourth-order valence-corrected chi connectivity index (χ4v) is 4.46. The van der Waals surface area contributed by atoms with Crippen molar-refractivity contribution >= 4 is 17.7 Å². The van der Waals surface area contributed by atoms with Crippen LogP contribution in [0.5, 0.6) is 17.2 Å². The zero-order valence-electron chi connectivity index (χ0n) is 23.1. The fraction of sp³-hybridized carbons (Fsp3) is 0.333. The number of aromatic nitrogens is 1. The third-order valence-electron chi connectivity index (χ3n) is 6.36. The van der Waals surface area contributed by atoms with E-state index in [0.29, 0.717) is 16.7 Å². The molecule has 10 heteroatoms. The number of nitrogens with zero attached hydrogens (tertiary/aromatic N) is 1. The van der Waals surface area contributed by atoms with Crippen LogP contribution in [-0.4, -0.2) is 43.0 Å². The number of hydrogen-bond donors (Lipinski definition) is 0. The van der Waals surface area contributed by atoms with Gasteiger partial charge in [-0.2, -0.15) is 0 Å². The van der Waals surface area contributed by atoms with Gasteiger partial charge in [-0.1, -0.05) is 19.1 Å². The molecule has 0 aliphatic rings. The van der Waals surface area contributed by atoms with Crippen LogP contribution in [0.2, 0.25) is 0 Å². The molecule has 0 unspecified atom stereocenters. The van der Waals surface area contributed by atoms with Gasteiger partial charge < -0.3 is 18.9 Å². The van der Waals surface area contributed by atoms with Gasteiger partial charge in [0.1, 0.15) is 23.5 Å². The molecule has 0 N–H and O–H groups in total. The first-order chi connectivity index (χ1) is 19.0. The summed E-state index contributed by atoms with van der Waals surface area (Å²) < 4.78 is 49.4. The molecule has 0 aliphatic carbocycles. The summed E-state index contributed by atoms with van der Waals surface area (Å²) in [6.07, 6.45) is 0.218. The Bertz CT molecular complexity index is 1410. The van der Waals surface area contributed by atoms with Crippen molar-refractivity contribution in [3.8, 4) is 17.2 Å². The van der Waals surface area contributed by atoms with Crippen molar-refractivity contribution in [2.24, 2.45) is 5.92 Å². The van der Waals surface area contributed by atoms with Crippen LogP contribution in [0.15, 0.2) is 48.7 Å². The number of carbonyl (C=O) groups excluding carboxylic acids is 3. The third-order valence-corrected chi connectivity index (χ3v) is 6.36. The highest BCUT2D eigenvalue weighted by Crippen LogP contribution is 2.38. The van der Waals surface area contributed by atoms with Crippen LogP contribution >= 0.6 is 0 Å². The molecular formula is C30H31F2NO7. The maximum atomic E-state index is 14.0. The Kier molecular flexibility index (Phi) is 9.93. The summed E-state index contributed by atoms with van der Waals surface area (Å²) in [5, 5.41) is 0. The molecule has 0 spiro atoms. The van der Waals surface area contributed by atoms with E-state index < -0.39 is 47.3 Å². The number of methoxy groups -OCH3 is 2. The molecule has 1 aromatic heterocycles. The summed E-state index contributed by atoms with van der Waals surface area (Å²) in [5.74, 6) is -4.14. The SMILES string of the molecule is COc1cc(F)ccc1[C@H](c1ccc(F)cc1C)[C@H](C)OC(=O)[C@H](C)CC(=O)c1nccc(OC)c1OC(C)=O. The van der Waals surface area contributed by atoms with Gasteiger partial charge in [0.25, 0.3) is 0 Å². The van der Waals surface area contributed by atoms with Gasteiger partial charge in [0.2, 0.25) is 5.75 Å². The van der Waals surface area contributed by atoms with E-state index in [1.165, 1.54) is 70.7 Å². The smallest absolute Gasteiger partial charge is 0.309 e. The molecule has 0 aliphatic heterocycles. The first-order valence-corrected chi connectivity index (χ1v) is 12.5. The summed E-state index contributed by atoms with van der Waals surface area (Å²) in [7, 11) is 2.75. The number of hydrogen-bond acceptors (Lipinski definition) is 8. The van der Waals surface area contributed by atoms with Gasteiger partial charge in [-0.3, -0.25) is 14.4 Å². The quantitative estimate of drug-likeness (QED) is 0.223. The van der Waals surface area contributed by atoms with Crippen molar-refractivity contribution in [2.75, 3.05) is 14.2 Å². The van der Waals surface area contributed by atoms with E-state index in [4.69, 9.17) is 18.9 Å². The van der Waals surface area contributed by atoms with Gasteiger partial charge in [0.15, 0.2) is 17.2 Å². The first-order valence-electron chi connectivity index (χ1n) is 12.5. The summed E-state index contributed by atoms with van der Waals surface area (Å²) >= 11 is 0. The lowest BCUT2D eigenvalue weighted by Gasteiger charge is -2.28. The van der Waals surface area contributed by atoms with Gasteiger partial charge >= 0.3 is 11.9 Å². The van der Waals surface area contributed by atoms with Crippen LogP contribution in [-0.2, 0) is 14.3 Å². The summed E-state index contributed by atoms with van der Waals surface area (Å²) in [4.78, 5) is 41.8. The van der Waals surface area contributed by atoms with Crippen molar-refractivity contribution in [1.82, 2.24) is 4.98 Å². The minimum absolute atomic E-state index is 0.133. The zero-order valence-corrected chi connectivity index (χ0v) is 23.1. The molecule has 0 saturated heterocycles. The average Bonchev–Trinajstić information content (AvgIpc) is 2.90. The number of ether oxygens (including phenoxy) is 4. The molecule has 0 radical (unpaired) electrons. The van der Waals surface area contributed by atoms with Gasteiger partial charge in [-0.15, -0.1) is 0 Å². The van der Waals surface area contributed by atoms with Gasteiger partial charge in [0, 0.05) is 43.2 Å². The highest BCUT2D eigenvalue weighted by atomic mass is 19.1. The number of aryl methyl sites for hydroxylation is 1. The Morgan fingerprint density at radius 2 is 1.52 bits per heavy atom. The lowest BCUT2D eigenvalue weighted by Crippen LogP contribution is -2.28. The highest BCUT2D eigenvalue weighted by molar-refractivity contribution is 5.99. The molecule has 0 fully saturated rings. The summed E-state index contributed by atoms with van der Waals surface area (Å²) in [5.41, 5.74) is 1.64. The molecule has 0 bridgehead atoms. The van der Waals surface area contributed by atoms with Crippen molar-refractivity contribution in [2.45, 2.75) is 46.1 Å². The Morgan fingerprint density at radius 1 is 0.900 bits per heavy atom. The van der Waals surface area contributed by atoms with E-state index in [1.54, 1.807) is 19.9 Å². The van der Waals surface area contributed by atoms with Crippen LogP contribution in [0.25, 0.3) is 0 Å². The molecule has 3 aromatic rings. The molecule has 212 valence electrons. The largest absolute Gasteiger partial charge is 0.496 e. The number of rotatable bonds is 11. The molecular weight excluding hydrogens is 524 g/mol. The summed E-state index contributed by atoms with van der Waals surface area (Å²) in [6.45, 7) is 6.08. The lowest BCUT2D eigenvalue weighted by atomic mass is 9.84. The second-order valence-electron chi connectivity index (χ2n) is 9.32. The van der Waals surface area contributed by atoms with E-state index in [1.807, 2.05) is 0 Å². The van der Waals surface area contributed by atoms with Gasteiger partial charge in [-0.25, -0.2) is 13.8 Å². The molecule has 8 nitrogen and oxygen atoms in total. The Morgan fingerprint density at radius 3 is 2.12 bits per heavy atom. The van der Waals surface area contributed by atoms with Crippen molar-refractivity contribution in [1.29, 1.82) is 0 Å². The van der Waals surface area contributed by atoms with E-state index in [-0.39, 0.29) is 29.4 Å². The topological polar surface area (TPSA) is 101 Å². The number of esters is 2. The number of benzene rings is 2. The van der Waals surface area contributed by atoms with Gasteiger partial charge in [-0.05, 0) is 43.2 Å². The number of pyridine rings is 1. The number of carbonyl (C=O) groups is 3. The number of halogens is 2. The average molecular weight is 556 g/mol. The van der Waals surface area contributed by atoms with E-state index in [9.17, 15) is 23.2 Å². The Labute approximate surface area is 231 Å². The van der Waals surface area contributed by atoms with Crippen LogP contribution in [0, 0.1) is 24.5 Å². The Balaban J connectivity index is 1.88. The van der Waals surface area contributed by atoms with Crippen molar-refractivity contribution < 1.29 is 42.1 Å². The second kappa shape index (κ2) is 13.1. The normalized spacial score (nSPS) is 13.1. The summed E-state index contributed by atoms with van der Waals surface area (Å²) in [6, 6.07) is 9.69. The van der Waals surface area contributed by atoms with E-state index in [0.717, 1.165) is 0 Å². The van der Waals surface area contributed by atoms with Crippen LogP contribution in [0.3, 0.4) is 0 Å². The minimum Gasteiger partial charge on any atom is -0.496 e. The number of Topliss-reactive ketones (excluding diaryl/α,β-unsaturated/α-hetero) is 1. The van der Waals surface area contributed by atoms with Crippen molar-refractivity contribution in [3.63, 3.8) is 0 Å². The van der Waals surface area contributed by atoms with Gasteiger partial charge in [0.05, 0.1) is 20.1 Å². The van der Waals surface area contributed by atoms with Crippen LogP contribution in [0.1, 0.15) is 60.3 Å². The lowest BCUT2D eigenvalue weighted by molar-refractivity contribution is -0.153. The van der Waals surface area contributed by atoms with E-state index in [2.05, 4.69) is 4.98 Å². The predicted octanol–water partition coefficient (Wildman–Crippen LogP) is 5.58. The molecule has 3 rings (SSSR count).